The van der Waals surface area contributed by atoms with E-state index < -0.39 is 5.91 Å². The predicted octanol–water partition coefficient (Wildman–Crippen LogP) is -1.38. The number of nitrogens with two attached hydrogens (primary N) is 3. The van der Waals surface area contributed by atoms with Gasteiger partial charge in [0.15, 0.2) is 0 Å². The van der Waals surface area contributed by atoms with Gasteiger partial charge < -0.3 is 17.2 Å². The summed E-state index contributed by atoms with van der Waals surface area (Å²) in [5.41, 5.74) is 15.1. The second-order valence-corrected chi connectivity index (χ2v) is 1.46. The van der Waals surface area contributed by atoms with Crippen LogP contribution in [0, 0.1) is 0 Å². The highest BCUT2D eigenvalue weighted by Crippen LogP contribution is 1.84. The third-order valence-corrected chi connectivity index (χ3v) is 0.690. The van der Waals surface area contributed by atoms with Gasteiger partial charge >= 0.3 is 0 Å². The van der Waals surface area contributed by atoms with E-state index in [-0.39, 0.29) is 11.4 Å². The Labute approximate surface area is 47.3 Å². The Bertz CT molecular complexity index is 134. The lowest BCUT2D eigenvalue weighted by atomic mass is 10.3. The first-order valence-corrected chi connectivity index (χ1v) is 2.07. The number of rotatable bonds is 1. The normalized spacial score (nSPS) is 12.6. The molecule has 0 aromatic rings. The zero-order chi connectivity index (χ0) is 6.73. The molecule has 0 atom stereocenters. The largest absolute Gasteiger partial charge is 0.400 e. The van der Waals surface area contributed by atoms with Crippen molar-refractivity contribution in [3.63, 3.8) is 0 Å². The van der Waals surface area contributed by atoms with Crippen molar-refractivity contribution in [2.24, 2.45) is 17.2 Å². The molecular weight excluding hydrogens is 106 g/mol. The first kappa shape index (κ1) is 6.81. The Morgan fingerprint density at radius 3 is 1.62 bits per heavy atom. The van der Waals surface area contributed by atoms with Crippen molar-refractivity contribution in [2.45, 2.75) is 6.92 Å². The third-order valence-electron chi connectivity index (χ3n) is 0.690. The fourth-order valence-corrected chi connectivity index (χ4v) is 0.194. The van der Waals surface area contributed by atoms with Gasteiger partial charge in [-0.1, -0.05) is 0 Å². The van der Waals surface area contributed by atoms with Crippen LogP contribution in [0.25, 0.3) is 0 Å². The molecule has 4 nitrogen and oxygen atoms in total. The lowest BCUT2D eigenvalue weighted by molar-refractivity contribution is -0.114. The van der Waals surface area contributed by atoms with Gasteiger partial charge in [-0.25, -0.2) is 0 Å². The van der Waals surface area contributed by atoms with Crippen LogP contribution in [0.3, 0.4) is 0 Å². The maximum Gasteiger partial charge on any atom is 0.266 e. The first-order valence-electron chi connectivity index (χ1n) is 2.07. The van der Waals surface area contributed by atoms with Crippen LogP contribution in [0.5, 0.6) is 0 Å². The summed E-state index contributed by atoms with van der Waals surface area (Å²) in [6, 6.07) is 0. The van der Waals surface area contributed by atoms with Crippen molar-refractivity contribution in [3.05, 3.63) is 11.4 Å². The van der Waals surface area contributed by atoms with E-state index in [1.165, 1.54) is 6.92 Å². The maximum absolute atomic E-state index is 10.1. The maximum atomic E-state index is 10.1. The van der Waals surface area contributed by atoms with Crippen LogP contribution in [0.15, 0.2) is 11.4 Å². The van der Waals surface area contributed by atoms with E-state index in [2.05, 4.69) is 0 Å². The molecule has 0 bridgehead atoms. The summed E-state index contributed by atoms with van der Waals surface area (Å²) in [7, 11) is 0. The van der Waals surface area contributed by atoms with Gasteiger partial charge in [-0.3, -0.25) is 4.79 Å². The van der Waals surface area contributed by atoms with Crippen LogP contribution in [0.1, 0.15) is 6.92 Å². The predicted molar refractivity (Wildman–Crippen MR) is 30.3 cm³/mol. The van der Waals surface area contributed by atoms with Gasteiger partial charge in [0.25, 0.3) is 5.91 Å². The van der Waals surface area contributed by atoms with Gasteiger partial charge in [-0.15, -0.1) is 0 Å². The minimum Gasteiger partial charge on any atom is -0.400 e. The van der Waals surface area contributed by atoms with Crippen LogP contribution >= 0.6 is 0 Å². The van der Waals surface area contributed by atoms with E-state index in [1.54, 1.807) is 0 Å². The molecular formula is C4H9N3O. The molecule has 0 aromatic heterocycles. The monoisotopic (exact) mass is 115 g/mol. The van der Waals surface area contributed by atoms with Crippen LogP contribution < -0.4 is 17.2 Å². The highest BCUT2D eigenvalue weighted by atomic mass is 16.1. The van der Waals surface area contributed by atoms with Crippen molar-refractivity contribution in [1.82, 2.24) is 0 Å². The third kappa shape index (κ3) is 1.51. The molecule has 0 saturated heterocycles. The number of carbonyl (C=O) groups is 1. The van der Waals surface area contributed by atoms with Crippen molar-refractivity contribution >= 4 is 5.91 Å². The second-order valence-electron chi connectivity index (χ2n) is 1.46. The molecule has 0 fully saturated rings. The van der Waals surface area contributed by atoms with Gasteiger partial charge in [0.2, 0.25) is 0 Å². The van der Waals surface area contributed by atoms with Crippen LogP contribution in [-0.2, 0) is 4.79 Å². The number of amides is 1. The minimum absolute atomic E-state index is 0.0648. The molecule has 0 aromatic carbocycles. The molecule has 0 rings (SSSR count). The lowest BCUT2D eigenvalue weighted by Gasteiger charge is -1.94. The molecule has 6 N–H and O–H groups in total. The van der Waals surface area contributed by atoms with E-state index >= 15 is 0 Å². The van der Waals surface area contributed by atoms with E-state index in [0.717, 1.165) is 0 Å². The van der Waals surface area contributed by atoms with Crippen molar-refractivity contribution in [3.8, 4) is 0 Å². The van der Waals surface area contributed by atoms with Gasteiger partial charge in [0.1, 0.15) is 5.70 Å². The zero-order valence-corrected chi connectivity index (χ0v) is 4.64. The minimum atomic E-state index is -0.676. The van der Waals surface area contributed by atoms with E-state index in [4.69, 9.17) is 17.2 Å². The lowest BCUT2D eigenvalue weighted by Crippen LogP contribution is -2.23. The average molecular weight is 115 g/mol. The Morgan fingerprint density at radius 2 is 1.62 bits per heavy atom. The van der Waals surface area contributed by atoms with Crippen LogP contribution in [0.2, 0.25) is 0 Å². The number of primary amides is 1. The number of hydrogen-bond donors (Lipinski definition) is 3. The van der Waals surface area contributed by atoms with Crippen LogP contribution in [-0.4, -0.2) is 5.91 Å². The fourth-order valence-electron chi connectivity index (χ4n) is 0.194. The molecule has 46 valence electrons. The fraction of sp³-hybridized carbons (Fsp3) is 0.250. The van der Waals surface area contributed by atoms with Crippen molar-refractivity contribution < 1.29 is 4.79 Å². The SMILES string of the molecule is C/C(N)=C(\N)C(N)=O. The molecule has 1 amide bonds. The average Bonchev–Trinajstić information content (AvgIpc) is 1.64. The molecule has 0 radical (unpaired) electrons. The Kier molecular flexibility index (Phi) is 1.88. The van der Waals surface area contributed by atoms with E-state index in [1.807, 2.05) is 0 Å². The standard InChI is InChI=1S/C4H9N3O/c1-2(5)3(6)4(7)8/h5-6H2,1H3,(H2,7,8)/b3-2+. The molecule has 8 heavy (non-hydrogen) atoms. The highest BCUT2D eigenvalue weighted by Gasteiger charge is 1.98. The summed E-state index contributed by atoms with van der Waals surface area (Å²) >= 11 is 0. The smallest absolute Gasteiger partial charge is 0.266 e. The van der Waals surface area contributed by atoms with E-state index in [0.29, 0.717) is 0 Å². The second kappa shape index (κ2) is 2.20. The summed E-state index contributed by atoms with van der Waals surface area (Å²) in [5, 5.41) is 0. The highest BCUT2D eigenvalue weighted by molar-refractivity contribution is 5.91. The molecule has 0 saturated carbocycles. The summed E-state index contributed by atoms with van der Waals surface area (Å²) in [6.45, 7) is 1.51. The molecule has 0 aliphatic carbocycles. The van der Waals surface area contributed by atoms with Crippen molar-refractivity contribution in [2.75, 3.05) is 0 Å². The molecule has 4 heteroatoms. The van der Waals surface area contributed by atoms with Gasteiger partial charge in [0, 0.05) is 5.70 Å². The summed E-state index contributed by atoms with van der Waals surface area (Å²) in [6.07, 6.45) is 0. The first-order chi connectivity index (χ1) is 3.55. The zero-order valence-electron chi connectivity index (χ0n) is 4.64. The number of allylic oxidation sites excluding steroid dienone is 1. The summed E-state index contributed by atoms with van der Waals surface area (Å²) in [4.78, 5) is 10.1. The Hall–Kier alpha value is -1.19. The Balaban J connectivity index is 4.23. The molecule has 0 aliphatic heterocycles. The summed E-state index contributed by atoms with van der Waals surface area (Å²) < 4.78 is 0. The van der Waals surface area contributed by atoms with Gasteiger partial charge in [-0.2, -0.15) is 0 Å². The van der Waals surface area contributed by atoms with Crippen molar-refractivity contribution in [1.29, 1.82) is 0 Å². The topological polar surface area (TPSA) is 95.1 Å². The van der Waals surface area contributed by atoms with Gasteiger partial charge in [0.05, 0.1) is 0 Å². The number of hydrogen-bond acceptors (Lipinski definition) is 3. The Morgan fingerprint density at radius 1 is 1.25 bits per heavy atom. The van der Waals surface area contributed by atoms with E-state index in [9.17, 15) is 4.79 Å². The quantitative estimate of drug-likeness (QED) is 0.367. The summed E-state index contributed by atoms with van der Waals surface area (Å²) in [5.74, 6) is -0.676. The van der Waals surface area contributed by atoms with Gasteiger partial charge in [-0.05, 0) is 6.92 Å². The van der Waals surface area contributed by atoms with Crippen LogP contribution in [0.4, 0.5) is 0 Å². The molecule has 0 spiro atoms. The molecule has 0 heterocycles. The molecule has 0 unspecified atom stereocenters. The number of carbonyl (C=O) groups excluding carboxylic acids is 1. The molecule has 0 aliphatic rings.